The average molecular weight is 246 g/mol. The van der Waals surface area contributed by atoms with Crippen LogP contribution in [0.2, 0.25) is 0 Å². The summed E-state index contributed by atoms with van der Waals surface area (Å²) in [5.41, 5.74) is 2.74. The summed E-state index contributed by atoms with van der Waals surface area (Å²) in [6, 6.07) is 2.14. The molecule has 0 aliphatic carbocycles. The van der Waals surface area contributed by atoms with Gasteiger partial charge in [0, 0.05) is 22.2 Å². The summed E-state index contributed by atoms with van der Waals surface area (Å²) in [5.74, 6) is 0.656. The lowest BCUT2D eigenvalue weighted by molar-refractivity contribution is 0.254. The molecule has 0 unspecified atom stereocenters. The molecule has 1 saturated heterocycles. The third kappa shape index (κ3) is 1.98. The molecule has 0 atom stereocenters. The first-order valence-corrected chi connectivity index (χ1v) is 7.15. The number of nitrogens with zero attached hydrogens (tertiary/aromatic N) is 2. The molecule has 2 aromatic rings. The maximum atomic E-state index is 4.68. The zero-order valence-electron chi connectivity index (χ0n) is 10.4. The van der Waals surface area contributed by atoms with Crippen molar-refractivity contribution in [2.45, 2.75) is 25.7 Å². The fraction of sp³-hybridized carbons (Fsp3) is 0.500. The fourth-order valence-electron chi connectivity index (χ4n) is 2.76. The van der Waals surface area contributed by atoms with Gasteiger partial charge in [-0.25, -0.2) is 0 Å². The van der Waals surface area contributed by atoms with Crippen LogP contribution in [0, 0.1) is 6.92 Å². The molecule has 3 heterocycles. The Morgan fingerprint density at radius 1 is 1.35 bits per heavy atom. The lowest BCUT2D eigenvalue weighted by Gasteiger charge is -2.29. The molecule has 1 fully saturated rings. The van der Waals surface area contributed by atoms with Crippen molar-refractivity contribution < 1.29 is 0 Å². The van der Waals surface area contributed by atoms with Crippen LogP contribution in [0.4, 0.5) is 0 Å². The van der Waals surface area contributed by atoms with Crippen molar-refractivity contribution in [3.05, 3.63) is 28.9 Å². The molecule has 17 heavy (non-hydrogen) atoms. The summed E-state index contributed by atoms with van der Waals surface area (Å²) in [4.78, 5) is 7.09. The van der Waals surface area contributed by atoms with E-state index in [9.17, 15) is 0 Å². The Bertz CT molecular complexity index is 524. The van der Waals surface area contributed by atoms with Gasteiger partial charge in [0.25, 0.3) is 0 Å². The molecule has 0 amide bonds. The van der Waals surface area contributed by atoms with E-state index in [1.54, 1.807) is 0 Å². The Morgan fingerprint density at radius 2 is 2.12 bits per heavy atom. The second kappa shape index (κ2) is 4.39. The third-order valence-electron chi connectivity index (χ3n) is 3.80. The van der Waals surface area contributed by atoms with Crippen LogP contribution in [0.3, 0.4) is 0 Å². The van der Waals surface area contributed by atoms with Gasteiger partial charge in [0.05, 0.1) is 5.69 Å². The molecule has 3 rings (SSSR count). The highest BCUT2D eigenvalue weighted by Crippen LogP contribution is 2.35. The number of aromatic nitrogens is 1. The zero-order valence-corrected chi connectivity index (χ0v) is 11.3. The second-order valence-electron chi connectivity index (χ2n) is 5.07. The fourth-order valence-corrected chi connectivity index (χ4v) is 3.70. The molecular formula is C14H18N2S. The van der Waals surface area contributed by atoms with E-state index >= 15 is 0 Å². The molecule has 90 valence electrons. The highest BCUT2D eigenvalue weighted by Gasteiger charge is 2.22. The first-order valence-electron chi connectivity index (χ1n) is 6.27. The Balaban J connectivity index is 2.02. The number of aryl methyl sites for hydroxylation is 1. The lowest BCUT2D eigenvalue weighted by atomic mass is 9.91. The quantitative estimate of drug-likeness (QED) is 0.766. The highest BCUT2D eigenvalue weighted by molar-refractivity contribution is 7.17. The molecule has 0 spiro atoms. The Hall–Kier alpha value is -0.930. The summed E-state index contributed by atoms with van der Waals surface area (Å²) in [7, 11) is 2.21. The van der Waals surface area contributed by atoms with Crippen molar-refractivity contribution in [1.29, 1.82) is 0 Å². The third-order valence-corrected chi connectivity index (χ3v) is 4.87. The van der Waals surface area contributed by atoms with Crippen molar-refractivity contribution in [1.82, 2.24) is 9.88 Å². The summed E-state index contributed by atoms with van der Waals surface area (Å²) in [6.45, 7) is 4.61. The first-order chi connectivity index (χ1) is 8.25. The second-order valence-corrected chi connectivity index (χ2v) is 5.98. The van der Waals surface area contributed by atoms with E-state index < -0.39 is 0 Å². The van der Waals surface area contributed by atoms with Crippen LogP contribution in [0.25, 0.3) is 10.1 Å². The number of fused-ring (bicyclic) bond motifs is 1. The van der Waals surface area contributed by atoms with Gasteiger partial charge in [0.2, 0.25) is 0 Å². The maximum Gasteiger partial charge on any atom is 0.0524 e. The monoisotopic (exact) mass is 246 g/mol. The number of rotatable bonds is 1. The Kier molecular flexibility index (Phi) is 2.89. The number of likely N-dealkylation sites (tertiary alicyclic amines) is 1. The normalized spacial score (nSPS) is 18.9. The van der Waals surface area contributed by atoms with Crippen molar-refractivity contribution in [3.8, 4) is 0 Å². The van der Waals surface area contributed by atoms with Gasteiger partial charge < -0.3 is 4.90 Å². The Labute approximate surface area is 106 Å². The molecule has 0 bridgehead atoms. The molecule has 1 aliphatic rings. The summed E-state index contributed by atoms with van der Waals surface area (Å²) >= 11 is 1.84. The molecule has 3 heteroatoms. The van der Waals surface area contributed by atoms with E-state index in [0.717, 1.165) is 0 Å². The van der Waals surface area contributed by atoms with Gasteiger partial charge in [-0.15, -0.1) is 11.3 Å². The van der Waals surface area contributed by atoms with Gasteiger partial charge in [0.1, 0.15) is 0 Å². The first kappa shape index (κ1) is 11.2. The highest BCUT2D eigenvalue weighted by atomic mass is 32.1. The zero-order chi connectivity index (χ0) is 11.8. The summed E-state index contributed by atoms with van der Waals surface area (Å²) in [6.07, 6.45) is 4.47. The summed E-state index contributed by atoms with van der Waals surface area (Å²) in [5, 5.41) is 3.68. The number of thiophene rings is 1. The van der Waals surface area contributed by atoms with Crippen molar-refractivity contribution in [2.75, 3.05) is 20.1 Å². The van der Waals surface area contributed by atoms with Gasteiger partial charge in [-0.05, 0) is 56.9 Å². The largest absolute Gasteiger partial charge is 0.306 e. The molecule has 2 nitrogen and oxygen atoms in total. The molecule has 0 aromatic carbocycles. The van der Waals surface area contributed by atoms with Crippen LogP contribution in [0.1, 0.15) is 30.0 Å². The summed E-state index contributed by atoms with van der Waals surface area (Å²) < 4.78 is 1.39. The molecular weight excluding hydrogens is 228 g/mol. The van der Waals surface area contributed by atoms with Crippen LogP contribution in [0.15, 0.2) is 17.6 Å². The Morgan fingerprint density at radius 3 is 2.88 bits per heavy atom. The molecule has 0 saturated carbocycles. The van der Waals surface area contributed by atoms with E-state index in [2.05, 4.69) is 35.3 Å². The lowest BCUT2D eigenvalue weighted by Crippen LogP contribution is -2.29. The van der Waals surface area contributed by atoms with Crippen molar-refractivity contribution >= 4 is 21.4 Å². The molecule has 2 aromatic heterocycles. The van der Waals surface area contributed by atoms with Crippen molar-refractivity contribution in [3.63, 3.8) is 0 Å². The minimum absolute atomic E-state index is 0.656. The van der Waals surface area contributed by atoms with Gasteiger partial charge in [-0.1, -0.05) is 0 Å². The van der Waals surface area contributed by atoms with Crippen molar-refractivity contribution in [2.24, 2.45) is 0 Å². The number of pyridine rings is 1. The number of piperidine rings is 1. The predicted octanol–water partition coefficient (Wildman–Crippen LogP) is 3.41. The number of hydrogen-bond acceptors (Lipinski definition) is 3. The SMILES string of the molecule is Cc1csc2ccnc(C3CCN(C)CC3)c12. The number of hydrogen-bond donors (Lipinski definition) is 0. The van der Waals surface area contributed by atoms with Crippen LogP contribution in [-0.4, -0.2) is 30.0 Å². The smallest absolute Gasteiger partial charge is 0.0524 e. The average Bonchev–Trinajstić information content (AvgIpc) is 2.73. The van der Waals surface area contributed by atoms with Gasteiger partial charge in [-0.3, -0.25) is 4.98 Å². The van der Waals surface area contributed by atoms with Crippen LogP contribution < -0.4 is 0 Å². The molecule has 0 radical (unpaired) electrons. The topological polar surface area (TPSA) is 16.1 Å². The van der Waals surface area contributed by atoms with E-state index in [1.807, 2.05) is 17.5 Å². The minimum atomic E-state index is 0.656. The van der Waals surface area contributed by atoms with Gasteiger partial charge in [-0.2, -0.15) is 0 Å². The van der Waals surface area contributed by atoms with Crippen LogP contribution >= 0.6 is 11.3 Å². The molecule has 0 N–H and O–H groups in total. The maximum absolute atomic E-state index is 4.68. The van der Waals surface area contributed by atoms with E-state index in [-0.39, 0.29) is 0 Å². The van der Waals surface area contributed by atoms with E-state index in [4.69, 9.17) is 0 Å². The standard InChI is InChI=1S/C14H18N2S/c1-10-9-17-12-3-6-15-14(13(10)12)11-4-7-16(2)8-5-11/h3,6,9,11H,4-5,7-8H2,1-2H3. The van der Waals surface area contributed by atoms with E-state index in [0.29, 0.717) is 5.92 Å². The predicted molar refractivity (Wildman–Crippen MR) is 73.8 cm³/mol. The van der Waals surface area contributed by atoms with E-state index in [1.165, 1.54) is 47.3 Å². The van der Waals surface area contributed by atoms with Gasteiger partial charge >= 0.3 is 0 Å². The van der Waals surface area contributed by atoms with Crippen LogP contribution in [-0.2, 0) is 0 Å². The van der Waals surface area contributed by atoms with Crippen LogP contribution in [0.5, 0.6) is 0 Å². The minimum Gasteiger partial charge on any atom is -0.306 e. The molecule has 1 aliphatic heterocycles. The van der Waals surface area contributed by atoms with Gasteiger partial charge in [0.15, 0.2) is 0 Å².